The highest BCUT2D eigenvalue weighted by Gasteiger charge is 2.51. The van der Waals surface area contributed by atoms with Crippen LogP contribution in [0.3, 0.4) is 0 Å². The van der Waals surface area contributed by atoms with E-state index >= 15 is 0 Å². The van der Waals surface area contributed by atoms with Crippen molar-refractivity contribution in [2.75, 3.05) is 6.54 Å². The molecule has 35 heavy (non-hydrogen) atoms. The van der Waals surface area contributed by atoms with Crippen LogP contribution < -0.4 is 0 Å². The number of Topliss-reactive ketones (excluding diaryl/α,β-unsaturated/α-hetero) is 1. The van der Waals surface area contributed by atoms with Crippen molar-refractivity contribution in [2.24, 2.45) is 11.8 Å². The lowest BCUT2D eigenvalue weighted by Crippen LogP contribution is -2.52. The van der Waals surface area contributed by atoms with Crippen LogP contribution in [0.2, 0.25) is 0 Å². The number of carbonyl (C=O) groups excluding carboxylic acids is 4. The summed E-state index contributed by atoms with van der Waals surface area (Å²) in [6.07, 6.45) is 2.72. The molecule has 0 aromatic heterocycles. The molecule has 180 valence electrons. The van der Waals surface area contributed by atoms with Crippen molar-refractivity contribution in [3.63, 3.8) is 0 Å². The Kier molecular flexibility index (Phi) is 6.34. The fourth-order valence-corrected chi connectivity index (χ4v) is 4.51. The van der Waals surface area contributed by atoms with E-state index in [0.717, 1.165) is 38.9 Å². The molecule has 2 aromatic rings. The highest BCUT2D eigenvalue weighted by atomic mass is 16.6. The van der Waals surface area contributed by atoms with Crippen molar-refractivity contribution < 1.29 is 24.1 Å². The van der Waals surface area contributed by atoms with E-state index in [2.05, 4.69) is 0 Å². The van der Waals surface area contributed by atoms with Crippen LogP contribution in [0.25, 0.3) is 0 Å². The van der Waals surface area contributed by atoms with Crippen molar-refractivity contribution in [3.8, 4) is 0 Å². The van der Waals surface area contributed by atoms with Gasteiger partial charge in [0.1, 0.15) is 6.54 Å². The van der Waals surface area contributed by atoms with Crippen LogP contribution in [-0.2, 0) is 9.59 Å². The molecular formula is C26H25N3O6. The quantitative estimate of drug-likeness (QED) is 0.206. The number of fused-ring (bicyclic) bond motifs is 1. The van der Waals surface area contributed by atoms with Crippen LogP contribution in [-0.4, -0.2) is 45.0 Å². The smallest absolute Gasteiger partial charge is 0.273 e. The van der Waals surface area contributed by atoms with Crippen molar-refractivity contribution >= 4 is 29.2 Å². The number of amides is 3. The molecule has 2 atom stereocenters. The molecule has 0 unspecified atom stereocenters. The maximum Gasteiger partial charge on any atom is 0.273 e. The van der Waals surface area contributed by atoms with E-state index in [1.165, 1.54) is 12.1 Å². The summed E-state index contributed by atoms with van der Waals surface area (Å²) in [7, 11) is 0. The number of nitro benzene ring substituents is 1. The van der Waals surface area contributed by atoms with E-state index in [9.17, 15) is 29.3 Å². The van der Waals surface area contributed by atoms with Gasteiger partial charge in [0.15, 0.2) is 5.78 Å². The summed E-state index contributed by atoms with van der Waals surface area (Å²) in [6, 6.07) is 9.96. The predicted molar refractivity (Wildman–Crippen MR) is 126 cm³/mol. The Morgan fingerprint density at radius 2 is 1.60 bits per heavy atom. The number of nitro groups is 1. The Bertz CT molecular complexity index is 1280. The van der Waals surface area contributed by atoms with Crippen LogP contribution in [0.5, 0.6) is 0 Å². The Balaban J connectivity index is 1.70. The minimum atomic E-state index is -0.762. The van der Waals surface area contributed by atoms with Gasteiger partial charge in [-0.2, -0.15) is 5.01 Å². The minimum Gasteiger partial charge on any atom is -0.292 e. The summed E-state index contributed by atoms with van der Waals surface area (Å²) >= 11 is 0. The third-order valence-corrected chi connectivity index (χ3v) is 6.72. The first kappa shape index (κ1) is 24.0. The topological polar surface area (TPSA) is 118 Å². The second-order valence-electron chi connectivity index (χ2n) is 9.08. The van der Waals surface area contributed by atoms with Gasteiger partial charge >= 0.3 is 0 Å². The number of imide groups is 1. The molecule has 1 aliphatic carbocycles. The zero-order valence-electron chi connectivity index (χ0n) is 19.7. The van der Waals surface area contributed by atoms with Crippen molar-refractivity contribution in [2.45, 2.75) is 33.6 Å². The monoisotopic (exact) mass is 475 g/mol. The number of rotatable bonds is 6. The van der Waals surface area contributed by atoms with E-state index in [0.29, 0.717) is 18.4 Å². The molecule has 1 aliphatic heterocycles. The van der Waals surface area contributed by atoms with E-state index in [1.807, 2.05) is 26.8 Å². The van der Waals surface area contributed by atoms with Crippen LogP contribution >= 0.6 is 0 Å². The lowest BCUT2D eigenvalue weighted by atomic mass is 9.82. The van der Waals surface area contributed by atoms with Crippen molar-refractivity contribution in [1.82, 2.24) is 10.0 Å². The summed E-state index contributed by atoms with van der Waals surface area (Å²) in [5, 5.41) is 12.7. The Morgan fingerprint density at radius 1 is 0.971 bits per heavy atom. The standard InChI is InChI=1S/C26H25N3O6/c1-15-4-11-21-22(12-15)26(33)28(25(21)32)27(14-23(30)19-6-5-16(2)17(3)13-19)24(31)18-7-9-20(10-8-18)29(34)35/h4-10,13,21-22H,11-12,14H2,1-3H3/t21-,22+/m1/s1. The fourth-order valence-electron chi connectivity index (χ4n) is 4.51. The molecule has 0 N–H and O–H groups in total. The molecule has 3 amide bonds. The molecular weight excluding hydrogens is 450 g/mol. The molecule has 0 saturated carbocycles. The highest BCUT2D eigenvalue weighted by molar-refractivity contribution is 6.09. The third-order valence-electron chi connectivity index (χ3n) is 6.72. The van der Waals surface area contributed by atoms with E-state index < -0.39 is 46.8 Å². The second kappa shape index (κ2) is 9.25. The largest absolute Gasteiger partial charge is 0.292 e. The van der Waals surface area contributed by atoms with Gasteiger partial charge in [0, 0.05) is 23.3 Å². The van der Waals surface area contributed by atoms with Gasteiger partial charge in [0.25, 0.3) is 23.4 Å². The summed E-state index contributed by atoms with van der Waals surface area (Å²) in [5.74, 6) is -3.41. The third kappa shape index (κ3) is 4.49. The predicted octanol–water partition coefficient (Wildman–Crippen LogP) is 3.79. The SMILES string of the molecule is CC1=CC[C@H]2C(=O)N(N(CC(=O)c3ccc(C)c(C)c3)C(=O)c3ccc([N+](=O)[O-])cc3)C(=O)[C@H]2C1. The molecule has 1 saturated heterocycles. The summed E-state index contributed by atoms with van der Waals surface area (Å²) in [4.78, 5) is 63.7. The van der Waals surface area contributed by atoms with Crippen LogP contribution in [0.15, 0.2) is 54.1 Å². The van der Waals surface area contributed by atoms with Gasteiger partial charge in [-0.1, -0.05) is 23.8 Å². The summed E-state index contributed by atoms with van der Waals surface area (Å²) < 4.78 is 0. The summed E-state index contributed by atoms with van der Waals surface area (Å²) in [5.41, 5.74) is 3.05. The average Bonchev–Trinajstić information content (AvgIpc) is 3.07. The zero-order chi connectivity index (χ0) is 25.4. The molecule has 1 fully saturated rings. The molecule has 2 aromatic carbocycles. The maximum atomic E-state index is 13.5. The highest BCUT2D eigenvalue weighted by Crippen LogP contribution is 2.38. The first-order valence-corrected chi connectivity index (χ1v) is 11.3. The van der Waals surface area contributed by atoms with E-state index in [4.69, 9.17) is 0 Å². The number of carbonyl (C=O) groups is 4. The molecule has 2 aliphatic rings. The molecule has 1 heterocycles. The van der Waals surface area contributed by atoms with Gasteiger partial charge in [0.05, 0.1) is 16.8 Å². The number of allylic oxidation sites excluding steroid dienone is 2. The Morgan fingerprint density at radius 3 is 2.23 bits per heavy atom. The van der Waals surface area contributed by atoms with Crippen molar-refractivity contribution in [1.29, 1.82) is 0 Å². The lowest BCUT2D eigenvalue weighted by Gasteiger charge is -2.30. The number of non-ortho nitro benzene ring substituents is 1. The molecule has 0 radical (unpaired) electrons. The van der Waals surface area contributed by atoms with Crippen molar-refractivity contribution in [3.05, 3.63) is 86.5 Å². The van der Waals surface area contributed by atoms with E-state index in [-0.39, 0.29) is 11.3 Å². The average molecular weight is 476 g/mol. The molecule has 0 spiro atoms. The first-order valence-electron chi connectivity index (χ1n) is 11.3. The zero-order valence-corrected chi connectivity index (χ0v) is 19.7. The number of ketones is 1. The first-order chi connectivity index (χ1) is 16.6. The second-order valence-corrected chi connectivity index (χ2v) is 9.08. The van der Waals surface area contributed by atoms with Gasteiger partial charge in [-0.3, -0.25) is 29.3 Å². The maximum absolute atomic E-state index is 13.5. The molecule has 0 bridgehead atoms. The molecule has 9 nitrogen and oxygen atoms in total. The normalized spacial score (nSPS) is 19.3. The fraction of sp³-hybridized carbons (Fsp3) is 0.308. The van der Waals surface area contributed by atoms with Gasteiger partial charge in [0.2, 0.25) is 0 Å². The summed E-state index contributed by atoms with van der Waals surface area (Å²) in [6.45, 7) is 5.13. The Hall–Kier alpha value is -4.14. The Labute approximate surface area is 202 Å². The van der Waals surface area contributed by atoms with E-state index in [1.54, 1.807) is 18.2 Å². The molecule has 4 rings (SSSR count). The number of aryl methyl sites for hydroxylation is 2. The minimum absolute atomic E-state index is 0.0215. The van der Waals surface area contributed by atoms with Gasteiger partial charge < -0.3 is 0 Å². The number of nitrogens with zero attached hydrogens (tertiary/aromatic N) is 3. The van der Waals surface area contributed by atoms with Gasteiger partial charge in [-0.15, -0.1) is 0 Å². The van der Waals surface area contributed by atoms with Crippen LogP contribution in [0, 0.1) is 35.8 Å². The lowest BCUT2D eigenvalue weighted by molar-refractivity contribution is -0.384. The van der Waals surface area contributed by atoms with Gasteiger partial charge in [-0.25, -0.2) is 5.01 Å². The van der Waals surface area contributed by atoms with Crippen LogP contribution in [0.1, 0.15) is 51.6 Å². The number of hydrogen-bond donors (Lipinski definition) is 0. The number of benzene rings is 2. The molecule has 9 heteroatoms. The van der Waals surface area contributed by atoms with Gasteiger partial charge in [-0.05, 0) is 62.9 Å². The number of hydrazine groups is 1. The van der Waals surface area contributed by atoms with Crippen LogP contribution in [0.4, 0.5) is 5.69 Å². The number of hydrogen-bond acceptors (Lipinski definition) is 6.